The zero-order valence-electron chi connectivity index (χ0n) is 9.09. The molecule has 1 atom stereocenters. The van der Waals surface area contributed by atoms with Crippen LogP contribution < -0.4 is 11.1 Å². The van der Waals surface area contributed by atoms with Crippen LogP contribution in [0.5, 0.6) is 0 Å². The largest absolute Gasteiger partial charge is 0.397 e. The molecule has 0 saturated heterocycles. The van der Waals surface area contributed by atoms with Gasteiger partial charge in [0, 0.05) is 18.2 Å². The fourth-order valence-corrected chi connectivity index (χ4v) is 1.45. The molecule has 0 saturated carbocycles. The molecule has 1 aromatic carbocycles. The lowest BCUT2D eigenvalue weighted by molar-refractivity contribution is 0.0855. The van der Waals surface area contributed by atoms with E-state index in [-0.39, 0.29) is 6.10 Å². The summed E-state index contributed by atoms with van der Waals surface area (Å²) < 4.78 is 5.40. The van der Waals surface area contributed by atoms with Gasteiger partial charge in [-0.25, -0.2) is 0 Å². The number of benzene rings is 1. The van der Waals surface area contributed by atoms with E-state index in [9.17, 15) is 0 Å². The summed E-state index contributed by atoms with van der Waals surface area (Å²) in [6.45, 7) is 5.42. The van der Waals surface area contributed by atoms with E-state index in [0.29, 0.717) is 17.3 Å². The first-order valence-corrected chi connectivity index (χ1v) is 5.41. The maximum atomic E-state index is 5.87. The van der Waals surface area contributed by atoms with Crippen LogP contribution in [-0.2, 0) is 4.74 Å². The van der Waals surface area contributed by atoms with E-state index in [1.165, 1.54) is 0 Å². The Morgan fingerprint density at radius 2 is 2.27 bits per heavy atom. The fraction of sp³-hybridized carbons (Fsp3) is 0.455. The predicted molar refractivity (Wildman–Crippen MR) is 65.4 cm³/mol. The smallest absolute Gasteiger partial charge is 0.0719 e. The van der Waals surface area contributed by atoms with Crippen molar-refractivity contribution in [3.63, 3.8) is 0 Å². The molecule has 4 heteroatoms. The highest BCUT2D eigenvalue weighted by atomic mass is 35.5. The van der Waals surface area contributed by atoms with E-state index < -0.39 is 0 Å². The summed E-state index contributed by atoms with van der Waals surface area (Å²) in [5.74, 6) is 0. The lowest BCUT2D eigenvalue weighted by atomic mass is 10.2. The predicted octanol–water partition coefficient (Wildman–Crippen LogP) is 2.76. The second-order valence-corrected chi connectivity index (χ2v) is 3.81. The van der Waals surface area contributed by atoms with Crippen molar-refractivity contribution in [1.82, 2.24) is 0 Å². The van der Waals surface area contributed by atoms with Gasteiger partial charge in [-0.1, -0.05) is 11.6 Å². The average molecular weight is 229 g/mol. The van der Waals surface area contributed by atoms with Crippen LogP contribution in [0.1, 0.15) is 13.8 Å². The number of nitrogens with two attached hydrogens (primary N) is 1. The minimum Gasteiger partial charge on any atom is -0.397 e. The first-order valence-electron chi connectivity index (χ1n) is 5.04. The molecule has 0 spiro atoms. The van der Waals surface area contributed by atoms with Crippen molar-refractivity contribution in [2.24, 2.45) is 0 Å². The third-order valence-electron chi connectivity index (χ3n) is 2.05. The Bertz CT molecular complexity index is 317. The summed E-state index contributed by atoms with van der Waals surface area (Å²) in [7, 11) is 0. The summed E-state index contributed by atoms with van der Waals surface area (Å²) >= 11 is 5.87. The van der Waals surface area contributed by atoms with Gasteiger partial charge < -0.3 is 15.8 Å². The Morgan fingerprint density at radius 1 is 1.53 bits per heavy atom. The van der Waals surface area contributed by atoms with Crippen molar-refractivity contribution in [3.8, 4) is 0 Å². The first kappa shape index (κ1) is 12.1. The van der Waals surface area contributed by atoms with E-state index in [0.717, 1.165) is 12.2 Å². The second kappa shape index (κ2) is 5.83. The van der Waals surface area contributed by atoms with E-state index in [1.807, 2.05) is 19.9 Å². The van der Waals surface area contributed by atoms with Gasteiger partial charge in [0.25, 0.3) is 0 Å². The molecule has 0 heterocycles. The van der Waals surface area contributed by atoms with Crippen molar-refractivity contribution in [3.05, 3.63) is 23.2 Å². The van der Waals surface area contributed by atoms with Gasteiger partial charge in [0.1, 0.15) is 0 Å². The Labute approximate surface area is 95.6 Å². The van der Waals surface area contributed by atoms with E-state index in [2.05, 4.69) is 5.32 Å². The summed E-state index contributed by atoms with van der Waals surface area (Å²) in [6.07, 6.45) is 0.161. The lowest BCUT2D eigenvalue weighted by Gasteiger charge is -2.14. The highest BCUT2D eigenvalue weighted by Gasteiger charge is 2.03. The zero-order chi connectivity index (χ0) is 11.3. The summed E-state index contributed by atoms with van der Waals surface area (Å²) in [5.41, 5.74) is 7.34. The second-order valence-electron chi connectivity index (χ2n) is 3.38. The molecular formula is C11H17ClN2O. The van der Waals surface area contributed by atoms with E-state index in [4.69, 9.17) is 22.1 Å². The van der Waals surface area contributed by atoms with Crippen LogP contribution >= 0.6 is 11.6 Å². The number of halogens is 1. The maximum Gasteiger partial charge on any atom is 0.0719 e. The van der Waals surface area contributed by atoms with Crippen LogP contribution in [0.4, 0.5) is 11.4 Å². The van der Waals surface area contributed by atoms with Gasteiger partial charge in [-0.2, -0.15) is 0 Å². The molecule has 3 N–H and O–H groups in total. The van der Waals surface area contributed by atoms with Crippen LogP contribution in [0.15, 0.2) is 18.2 Å². The highest BCUT2D eigenvalue weighted by Crippen LogP contribution is 2.22. The van der Waals surface area contributed by atoms with Crippen molar-refractivity contribution >= 4 is 23.0 Å². The molecule has 0 radical (unpaired) electrons. The quantitative estimate of drug-likeness (QED) is 0.762. The monoisotopic (exact) mass is 228 g/mol. The molecular weight excluding hydrogens is 212 g/mol. The number of anilines is 2. The lowest BCUT2D eigenvalue weighted by Crippen LogP contribution is -2.20. The molecule has 0 aliphatic rings. The van der Waals surface area contributed by atoms with Crippen LogP contribution in [0.2, 0.25) is 5.02 Å². The van der Waals surface area contributed by atoms with E-state index in [1.54, 1.807) is 12.1 Å². The van der Waals surface area contributed by atoms with Gasteiger partial charge in [0.15, 0.2) is 0 Å². The van der Waals surface area contributed by atoms with Gasteiger partial charge in [-0.05, 0) is 32.0 Å². The molecule has 0 aliphatic carbocycles. The fourth-order valence-electron chi connectivity index (χ4n) is 1.28. The number of rotatable bonds is 5. The summed E-state index contributed by atoms with van der Waals surface area (Å²) in [4.78, 5) is 0. The number of nitrogen functional groups attached to an aromatic ring is 1. The van der Waals surface area contributed by atoms with Crippen LogP contribution in [-0.4, -0.2) is 19.3 Å². The normalized spacial score (nSPS) is 12.5. The Kier molecular flexibility index (Phi) is 4.72. The molecule has 15 heavy (non-hydrogen) atoms. The topological polar surface area (TPSA) is 47.3 Å². The summed E-state index contributed by atoms with van der Waals surface area (Å²) in [5, 5.41) is 3.88. The van der Waals surface area contributed by atoms with Crippen molar-refractivity contribution in [1.29, 1.82) is 0 Å². The number of nitrogens with one attached hydrogen (secondary N) is 1. The standard InChI is InChI=1S/C11H17ClN2O/c1-3-15-8(2)7-14-11-6-9(12)4-5-10(11)13/h4-6,8,14H,3,7,13H2,1-2H3. The molecule has 0 aliphatic heterocycles. The molecule has 0 aromatic heterocycles. The SMILES string of the molecule is CCOC(C)CNc1cc(Cl)ccc1N. The van der Waals surface area contributed by atoms with E-state index >= 15 is 0 Å². The molecule has 0 fully saturated rings. The van der Waals surface area contributed by atoms with Crippen LogP contribution in [0.3, 0.4) is 0 Å². The minimum atomic E-state index is 0.161. The Hall–Kier alpha value is -0.930. The van der Waals surface area contributed by atoms with Crippen molar-refractivity contribution < 1.29 is 4.74 Å². The number of hydrogen-bond acceptors (Lipinski definition) is 3. The van der Waals surface area contributed by atoms with Gasteiger partial charge in [-0.15, -0.1) is 0 Å². The Morgan fingerprint density at radius 3 is 2.93 bits per heavy atom. The Balaban J connectivity index is 2.53. The van der Waals surface area contributed by atoms with Crippen molar-refractivity contribution in [2.75, 3.05) is 24.2 Å². The molecule has 1 unspecified atom stereocenters. The number of hydrogen-bond donors (Lipinski definition) is 2. The molecule has 1 rings (SSSR count). The first-order chi connectivity index (χ1) is 7.13. The summed E-state index contributed by atoms with van der Waals surface area (Å²) in [6, 6.07) is 5.37. The van der Waals surface area contributed by atoms with Crippen LogP contribution in [0, 0.1) is 0 Å². The third-order valence-corrected chi connectivity index (χ3v) is 2.28. The third kappa shape index (κ3) is 3.98. The number of ether oxygens (including phenoxy) is 1. The zero-order valence-corrected chi connectivity index (χ0v) is 9.84. The van der Waals surface area contributed by atoms with Crippen molar-refractivity contribution in [2.45, 2.75) is 20.0 Å². The van der Waals surface area contributed by atoms with Gasteiger partial charge in [0.2, 0.25) is 0 Å². The van der Waals surface area contributed by atoms with Gasteiger partial charge in [-0.3, -0.25) is 0 Å². The molecule has 3 nitrogen and oxygen atoms in total. The molecule has 1 aromatic rings. The highest BCUT2D eigenvalue weighted by molar-refractivity contribution is 6.31. The molecule has 0 bridgehead atoms. The van der Waals surface area contributed by atoms with Gasteiger partial charge in [0.05, 0.1) is 17.5 Å². The maximum absolute atomic E-state index is 5.87. The molecule has 0 amide bonds. The van der Waals surface area contributed by atoms with Gasteiger partial charge >= 0.3 is 0 Å². The minimum absolute atomic E-state index is 0.161. The molecule has 84 valence electrons. The van der Waals surface area contributed by atoms with Crippen LogP contribution in [0.25, 0.3) is 0 Å². The average Bonchev–Trinajstić information content (AvgIpc) is 2.20.